The summed E-state index contributed by atoms with van der Waals surface area (Å²) in [5, 5.41) is 6.00. The summed E-state index contributed by atoms with van der Waals surface area (Å²) >= 11 is 5.93. The Morgan fingerprint density at radius 1 is 1.21 bits per heavy atom. The molecular formula is C19H26ClN5O3. The van der Waals surface area contributed by atoms with Gasteiger partial charge in [-0.1, -0.05) is 17.7 Å². The maximum absolute atomic E-state index is 12.8. The van der Waals surface area contributed by atoms with E-state index in [4.69, 9.17) is 11.6 Å². The van der Waals surface area contributed by atoms with Crippen LogP contribution in [0.3, 0.4) is 0 Å². The van der Waals surface area contributed by atoms with Crippen LogP contribution in [0.4, 0.5) is 5.69 Å². The van der Waals surface area contributed by atoms with E-state index in [9.17, 15) is 14.4 Å². The predicted molar refractivity (Wildman–Crippen MR) is 107 cm³/mol. The Bertz CT molecular complexity index is 736. The molecule has 2 N–H and O–H groups in total. The van der Waals surface area contributed by atoms with Crippen LogP contribution in [0.2, 0.25) is 5.02 Å². The minimum atomic E-state index is -0.798. The Hall–Kier alpha value is -2.16. The van der Waals surface area contributed by atoms with E-state index >= 15 is 0 Å². The highest BCUT2D eigenvalue weighted by molar-refractivity contribution is 6.30. The average molecular weight is 408 g/mol. The van der Waals surface area contributed by atoms with Crippen molar-refractivity contribution in [3.63, 3.8) is 0 Å². The lowest BCUT2D eigenvalue weighted by atomic mass is 10.1. The summed E-state index contributed by atoms with van der Waals surface area (Å²) in [6.45, 7) is 4.56. The van der Waals surface area contributed by atoms with Gasteiger partial charge in [0.2, 0.25) is 17.7 Å². The molecule has 2 heterocycles. The number of hydrogen-bond donors (Lipinski definition) is 2. The van der Waals surface area contributed by atoms with Crippen molar-refractivity contribution in [2.75, 3.05) is 58.2 Å². The van der Waals surface area contributed by atoms with Crippen LogP contribution in [0.25, 0.3) is 0 Å². The highest BCUT2D eigenvalue weighted by atomic mass is 35.5. The maximum Gasteiger partial charge on any atom is 0.243 e. The molecule has 0 bridgehead atoms. The Morgan fingerprint density at radius 2 is 1.96 bits per heavy atom. The number of amides is 3. The molecule has 0 spiro atoms. The molecule has 3 rings (SSSR count). The third kappa shape index (κ3) is 5.43. The number of hydrogen-bond acceptors (Lipinski definition) is 5. The number of halogens is 1. The largest absolute Gasteiger partial charge is 0.353 e. The zero-order chi connectivity index (χ0) is 20.1. The Morgan fingerprint density at radius 3 is 2.68 bits per heavy atom. The van der Waals surface area contributed by atoms with Gasteiger partial charge in [0.25, 0.3) is 0 Å². The van der Waals surface area contributed by atoms with Crippen molar-refractivity contribution >= 4 is 35.0 Å². The molecule has 3 amide bonds. The smallest absolute Gasteiger partial charge is 0.243 e. The molecule has 1 aromatic rings. The topological polar surface area (TPSA) is 85.0 Å². The number of likely N-dealkylation sites (N-methyl/N-ethyl adjacent to an activating group) is 1. The first kappa shape index (κ1) is 20.6. The molecule has 28 heavy (non-hydrogen) atoms. The Balaban J connectivity index is 1.60. The number of carbonyl (C=O) groups is 3. The van der Waals surface area contributed by atoms with Crippen molar-refractivity contribution in [2.24, 2.45) is 0 Å². The number of nitrogens with one attached hydrogen (secondary N) is 2. The van der Waals surface area contributed by atoms with Crippen LogP contribution >= 0.6 is 11.6 Å². The molecule has 2 fully saturated rings. The number of rotatable bonds is 5. The normalized spacial score (nSPS) is 21.3. The first-order chi connectivity index (χ1) is 13.4. The van der Waals surface area contributed by atoms with Gasteiger partial charge in [0, 0.05) is 50.0 Å². The molecule has 0 aromatic heterocycles. The maximum atomic E-state index is 12.8. The van der Waals surface area contributed by atoms with Crippen molar-refractivity contribution in [2.45, 2.75) is 12.5 Å². The average Bonchev–Trinajstić information content (AvgIpc) is 2.65. The fourth-order valence-electron chi connectivity index (χ4n) is 3.46. The van der Waals surface area contributed by atoms with Gasteiger partial charge in [-0.05, 0) is 25.2 Å². The molecule has 1 aromatic carbocycles. The van der Waals surface area contributed by atoms with Crippen molar-refractivity contribution in [1.82, 2.24) is 20.0 Å². The summed E-state index contributed by atoms with van der Waals surface area (Å²) in [5.74, 6) is -0.735. The molecule has 0 unspecified atom stereocenters. The second-order valence-corrected chi connectivity index (χ2v) is 7.67. The summed E-state index contributed by atoms with van der Waals surface area (Å²) in [5.41, 5.74) is 0.559. The van der Waals surface area contributed by atoms with E-state index in [1.54, 1.807) is 24.3 Å². The van der Waals surface area contributed by atoms with Gasteiger partial charge in [0.15, 0.2) is 0 Å². The van der Waals surface area contributed by atoms with Crippen LogP contribution < -0.4 is 10.6 Å². The van der Waals surface area contributed by atoms with Gasteiger partial charge >= 0.3 is 0 Å². The number of piperazine rings is 2. The van der Waals surface area contributed by atoms with E-state index in [-0.39, 0.29) is 30.7 Å². The van der Waals surface area contributed by atoms with Gasteiger partial charge in [-0.3, -0.25) is 19.3 Å². The van der Waals surface area contributed by atoms with Crippen molar-refractivity contribution < 1.29 is 14.4 Å². The van der Waals surface area contributed by atoms with E-state index in [2.05, 4.69) is 27.5 Å². The lowest BCUT2D eigenvalue weighted by Gasteiger charge is -2.37. The molecule has 1 atom stereocenters. The van der Waals surface area contributed by atoms with Gasteiger partial charge < -0.3 is 20.4 Å². The zero-order valence-electron chi connectivity index (χ0n) is 16.0. The van der Waals surface area contributed by atoms with Crippen molar-refractivity contribution in [3.8, 4) is 0 Å². The van der Waals surface area contributed by atoms with Crippen LogP contribution in [-0.4, -0.2) is 91.3 Å². The number of anilines is 1. The summed E-state index contributed by atoms with van der Waals surface area (Å²) in [6.07, 6.45) is -0.0905. The van der Waals surface area contributed by atoms with Crippen LogP contribution in [0, 0.1) is 0 Å². The lowest BCUT2D eigenvalue weighted by molar-refractivity contribution is -0.145. The highest BCUT2D eigenvalue weighted by Gasteiger charge is 2.35. The quantitative estimate of drug-likeness (QED) is 0.730. The van der Waals surface area contributed by atoms with Gasteiger partial charge in [0.05, 0.1) is 13.0 Å². The fourth-order valence-corrected chi connectivity index (χ4v) is 3.65. The fraction of sp³-hybridized carbons (Fsp3) is 0.526. The number of nitrogens with zero attached hydrogens (tertiary/aromatic N) is 3. The van der Waals surface area contributed by atoms with E-state index < -0.39 is 6.04 Å². The molecule has 8 nitrogen and oxygen atoms in total. The molecule has 2 saturated heterocycles. The van der Waals surface area contributed by atoms with Crippen LogP contribution in [0.5, 0.6) is 0 Å². The molecule has 0 radical (unpaired) electrons. The zero-order valence-corrected chi connectivity index (χ0v) is 16.7. The van der Waals surface area contributed by atoms with Crippen molar-refractivity contribution in [1.29, 1.82) is 0 Å². The minimum Gasteiger partial charge on any atom is -0.353 e. The molecule has 2 aliphatic heterocycles. The second-order valence-electron chi connectivity index (χ2n) is 7.24. The summed E-state index contributed by atoms with van der Waals surface area (Å²) in [7, 11) is 2.06. The SMILES string of the molecule is CN1CCN(CC(=O)N2CCNC(=O)[C@H]2CC(=O)Nc2cccc(Cl)c2)CC1. The first-order valence-corrected chi connectivity index (χ1v) is 9.83. The lowest BCUT2D eigenvalue weighted by Crippen LogP contribution is -2.60. The summed E-state index contributed by atoms with van der Waals surface area (Å²) in [6, 6.07) is 6.01. The second kappa shape index (κ2) is 9.36. The van der Waals surface area contributed by atoms with Crippen LogP contribution in [0.15, 0.2) is 24.3 Å². The standard InChI is InChI=1S/C19H26ClN5O3/c1-23-7-9-24(10-8-23)13-18(27)25-6-5-21-19(28)16(25)12-17(26)22-15-4-2-3-14(20)11-15/h2-4,11,16H,5-10,12-13H2,1H3,(H,21,28)(H,22,26)/t16-/m1/s1. The predicted octanol–water partition coefficient (Wildman–Crippen LogP) is 0.243. The molecule has 0 aliphatic carbocycles. The van der Waals surface area contributed by atoms with Crippen LogP contribution in [0.1, 0.15) is 6.42 Å². The third-order valence-electron chi connectivity index (χ3n) is 5.09. The van der Waals surface area contributed by atoms with E-state index in [1.807, 2.05) is 0 Å². The van der Waals surface area contributed by atoms with E-state index in [0.717, 1.165) is 26.2 Å². The van der Waals surface area contributed by atoms with Gasteiger partial charge in [-0.25, -0.2) is 0 Å². The molecular weight excluding hydrogens is 382 g/mol. The number of benzene rings is 1. The van der Waals surface area contributed by atoms with Gasteiger partial charge in [-0.2, -0.15) is 0 Å². The summed E-state index contributed by atoms with van der Waals surface area (Å²) < 4.78 is 0. The Kier molecular flexibility index (Phi) is 6.88. The third-order valence-corrected chi connectivity index (χ3v) is 5.33. The molecule has 2 aliphatic rings. The molecule has 9 heteroatoms. The molecule has 152 valence electrons. The van der Waals surface area contributed by atoms with Gasteiger partial charge in [0.1, 0.15) is 6.04 Å². The van der Waals surface area contributed by atoms with E-state index in [0.29, 0.717) is 23.8 Å². The summed E-state index contributed by atoms with van der Waals surface area (Å²) in [4.78, 5) is 43.5. The Labute approximate surface area is 169 Å². The van der Waals surface area contributed by atoms with E-state index in [1.165, 1.54) is 4.90 Å². The minimum absolute atomic E-state index is 0.0905. The first-order valence-electron chi connectivity index (χ1n) is 9.46. The van der Waals surface area contributed by atoms with Gasteiger partial charge in [-0.15, -0.1) is 0 Å². The van der Waals surface area contributed by atoms with Crippen molar-refractivity contribution in [3.05, 3.63) is 29.3 Å². The number of carbonyl (C=O) groups excluding carboxylic acids is 3. The molecule has 0 saturated carbocycles. The van der Waals surface area contributed by atoms with Crippen LogP contribution in [-0.2, 0) is 14.4 Å². The highest BCUT2D eigenvalue weighted by Crippen LogP contribution is 2.17. The monoisotopic (exact) mass is 407 g/mol.